The zero-order chi connectivity index (χ0) is 31.9. The molecule has 0 unspecified atom stereocenters. The quantitative estimate of drug-likeness (QED) is 0.201. The molecule has 1 atom stereocenters. The molecule has 0 saturated carbocycles. The topological polar surface area (TPSA) is 86.8 Å². The zero-order valence-electron chi connectivity index (χ0n) is 25.5. The number of rotatable bonds is 12. The number of sulfonamides is 1. The second-order valence-corrected chi connectivity index (χ2v) is 13.0. The molecule has 9 heteroatoms. The summed E-state index contributed by atoms with van der Waals surface area (Å²) in [6, 6.07) is 27.7. The molecule has 0 spiro atoms. The highest BCUT2D eigenvalue weighted by molar-refractivity contribution is 7.92. The van der Waals surface area contributed by atoms with Gasteiger partial charge in [-0.2, -0.15) is 0 Å². The summed E-state index contributed by atoms with van der Waals surface area (Å²) in [5.41, 5.74) is 4.40. The lowest BCUT2D eigenvalue weighted by Crippen LogP contribution is -2.53. The summed E-state index contributed by atoms with van der Waals surface area (Å²) in [6.45, 7) is 7.32. The molecule has 4 aromatic rings. The SMILES string of the molecule is CCNC(=O)[C@@H](Cc1ccccc1)N(Cc1ccccc1C)C(=O)CN(c1cccc(Cl)c1C)S(=O)(=O)c1ccc(C)cc1. The third-order valence-corrected chi connectivity index (χ3v) is 9.80. The number of amides is 2. The molecule has 44 heavy (non-hydrogen) atoms. The minimum Gasteiger partial charge on any atom is -0.355 e. The molecule has 0 aliphatic heterocycles. The van der Waals surface area contributed by atoms with E-state index < -0.39 is 28.5 Å². The van der Waals surface area contributed by atoms with Gasteiger partial charge in [0, 0.05) is 24.5 Å². The number of hydrogen-bond acceptors (Lipinski definition) is 4. The van der Waals surface area contributed by atoms with Crippen molar-refractivity contribution in [1.82, 2.24) is 10.2 Å². The fraction of sp³-hybridized carbons (Fsp3) is 0.257. The molecule has 0 heterocycles. The van der Waals surface area contributed by atoms with Crippen molar-refractivity contribution >= 4 is 39.1 Å². The monoisotopic (exact) mass is 631 g/mol. The number of likely N-dealkylation sites (N-methyl/N-ethyl adjacent to an activating group) is 1. The second-order valence-electron chi connectivity index (χ2n) is 10.8. The summed E-state index contributed by atoms with van der Waals surface area (Å²) in [7, 11) is -4.21. The summed E-state index contributed by atoms with van der Waals surface area (Å²) in [5.74, 6) is -0.833. The van der Waals surface area contributed by atoms with Crippen molar-refractivity contribution in [2.75, 3.05) is 17.4 Å². The van der Waals surface area contributed by atoms with Gasteiger partial charge in [0.15, 0.2) is 0 Å². The van der Waals surface area contributed by atoms with Crippen molar-refractivity contribution < 1.29 is 18.0 Å². The Bertz CT molecular complexity index is 1710. The fourth-order valence-corrected chi connectivity index (χ4v) is 6.68. The second kappa shape index (κ2) is 14.6. The van der Waals surface area contributed by atoms with Gasteiger partial charge in [-0.05, 0) is 74.2 Å². The molecular weight excluding hydrogens is 594 g/mol. The molecule has 7 nitrogen and oxygen atoms in total. The number of anilines is 1. The molecule has 4 aromatic carbocycles. The maximum atomic E-state index is 14.5. The Hall–Kier alpha value is -4.14. The summed E-state index contributed by atoms with van der Waals surface area (Å²) in [5, 5.41) is 3.26. The van der Waals surface area contributed by atoms with Gasteiger partial charge in [0.25, 0.3) is 10.0 Å². The smallest absolute Gasteiger partial charge is 0.264 e. The van der Waals surface area contributed by atoms with Crippen LogP contribution in [0.4, 0.5) is 5.69 Å². The molecule has 0 aliphatic rings. The van der Waals surface area contributed by atoms with Crippen molar-refractivity contribution in [3.8, 4) is 0 Å². The molecule has 0 bridgehead atoms. The Morgan fingerprint density at radius 3 is 2.16 bits per heavy atom. The van der Waals surface area contributed by atoms with E-state index in [-0.39, 0.29) is 23.8 Å². The third kappa shape index (κ3) is 7.68. The molecule has 4 rings (SSSR count). The van der Waals surface area contributed by atoms with E-state index in [1.807, 2.05) is 75.4 Å². The largest absolute Gasteiger partial charge is 0.355 e. The Kier molecular flexibility index (Phi) is 10.8. The van der Waals surface area contributed by atoms with Crippen molar-refractivity contribution in [1.29, 1.82) is 0 Å². The maximum absolute atomic E-state index is 14.5. The first-order valence-electron chi connectivity index (χ1n) is 14.5. The van der Waals surface area contributed by atoms with Crippen LogP contribution in [-0.4, -0.2) is 44.3 Å². The fourth-order valence-electron chi connectivity index (χ4n) is 5.03. The van der Waals surface area contributed by atoms with Crippen LogP contribution in [-0.2, 0) is 32.6 Å². The molecule has 0 fully saturated rings. The Balaban J connectivity index is 1.84. The van der Waals surface area contributed by atoms with Gasteiger partial charge in [0.2, 0.25) is 11.8 Å². The van der Waals surface area contributed by atoms with Gasteiger partial charge < -0.3 is 10.2 Å². The number of nitrogens with zero attached hydrogens (tertiary/aromatic N) is 2. The minimum atomic E-state index is -4.21. The van der Waals surface area contributed by atoms with E-state index in [2.05, 4.69) is 5.32 Å². The van der Waals surface area contributed by atoms with E-state index in [9.17, 15) is 18.0 Å². The highest BCUT2D eigenvalue weighted by Crippen LogP contribution is 2.31. The minimum absolute atomic E-state index is 0.0466. The summed E-state index contributed by atoms with van der Waals surface area (Å²) >= 11 is 6.45. The van der Waals surface area contributed by atoms with Gasteiger partial charge in [-0.25, -0.2) is 8.42 Å². The first-order valence-corrected chi connectivity index (χ1v) is 16.3. The molecule has 0 saturated heterocycles. The number of carbonyl (C=O) groups is 2. The molecule has 0 radical (unpaired) electrons. The highest BCUT2D eigenvalue weighted by atomic mass is 35.5. The summed E-state index contributed by atoms with van der Waals surface area (Å²) in [6.07, 6.45) is 0.255. The van der Waals surface area contributed by atoms with Crippen LogP contribution in [0.15, 0.2) is 102 Å². The predicted molar refractivity (Wildman–Crippen MR) is 176 cm³/mol. The van der Waals surface area contributed by atoms with Crippen molar-refractivity contribution in [3.05, 3.63) is 130 Å². The lowest BCUT2D eigenvalue weighted by molar-refractivity contribution is -0.140. The molecule has 1 N–H and O–H groups in total. The molecule has 0 aliphatic carbocycles. The molecule has 230 valence electrons. The molecule has 2 amide bonds. The van der Waals surface area contributed by atoms with Crippen LogP contribution in [0.3, 0.4) is 0 Å². The Labute approximate surface area is 265 Å². The summed E-state index contributed by atoms with van der Waals surface area (Å²) in [4.78, 5) is 29.7. The maximum Gasteiger partial charge on any atom is 0.264 e. The first-order chi connectivity index (χ1) is 21.0. The van der Waals surface area contributed by atoms with E-state index in [0.717, 1.165) is 26.6 Å². The number of hydrogen-bond donors (Lipinski definition) is 1. The van der Waals surface area contributed by atoms with Crippen LogP contribution in [0.2, 0.25) is 5.02 Å². The van der Waals surface area contributed by atoms with Gasteiger partial charge >= 0.3 is 0 Å². The van der Waals surface area contributed by atoms with Crippen LogP contribution in [0, 0.1) is 20.8 Å². The zero-order valence-corrected chi connectivity index (χ0v) is 27.0. The number of benzene rings is 4. The van der Waals surface area contributed by atoms with Gasteiger partial charge in [-0.3, -0.25) is 13.9 Å². The molecule has 0 aromatic heterocycles. The van der Waals surface area contributed by atoms with Crippen molar-refractivity contribution in [2.45, 2.75) is 51.6 Å². The standard InChI is InChI=1S/C35H38ClN3O4S/c1-5-37-35(41)33(22-28-13-7-6-8-14-28)38(23-29-15-10-9-12-26(29)3)34(40)24-39(32-17-11-16-31(36)27(32)4)44(42,43)30-20-18-25(2)19-21-30/h6-21,33H,5,22-24H2,1-4H3,(H,37,41)/t33-/m1/s1. The highest BCUT2D eigenvalue weighted by Gasteiger charge is 2.35. The van der Waals surface area contributed by atoms with Crippen LogP contribution in [0.1, 0.15) is 34.7 Å². The van der Waals surface area contributed by atoms with Crippen molar-refractivity contribution in [3.63, 3.8) is 0 Å². The number of nitrogens with one attached hydrogen (secondary N) is 1. The van der Waals surface area contributed by atoms with Gasteiger partial charge in [0.1, 0.15) is 12.6 Å². The van der Waals surface area contributed by atoms with Gasteiger partial charge in [0.05, 0.1) is 10.6 Å². The Morgan fingerprint density at radius 2 is 1.50 bits per heavy atom. The average molecular weight is 632 g/mol. The van der Waals surface area contributed by atoms with Gasteiger partial charge in [-0.15, -0.1) is 0 Å². The van der Waals surface area contributed by atoms with E-state index in [4.69, 9.17) is 11.6 Å². The Morgan fingerprint density at radius 1 is 0.841 bits per heavy atom. The van der Waals surface area contributed by atoms with Crippen LogP contribution < -0.4 is 9.62 Å². The van der Waals surface area contributed by atoms with Crippen molar-refractivity contribution in [2.24, 2.45) is 0 Å². The third-order valence-electron chi connectivity index (χ3n) is 7.62. The first kappa shape index (κ1) is 32.8. The normalized spacial score (nSPS) is 11.9. The average Bonchev–Trinajstić information content (AvgIpc) is 3.01. The molecular formula is C35H38ClN3O4S. The van der Waals surface area contributed by atoms with Crippen LogP contribution in [0.25, 0.3) is 0 Å². The summed E-state index contributed by atoms with van der Waals surface area (Å²) < 4.78 is 29.5. The van der Waals surface area contributed by atoms with E-state index in [1.165, 1.54) is 17.0 Å². The lowest BCUT2D eigenvalue weighted by atomic mass is 10.0. The number of carbonyl (C=O) groups excluding carboxylic acids is 2. The van der Waals surface area contributed by atoms with Crippen LogP contribution in [0.5, 0.6) is 0 Å². The number of halogens is 1. The predicted octanol–water partition coefficient (Wildman–Crippen LogP) is 6.24. The lowest BCUT2D eigenvalue weighted by Gasteiger charge is -2.34. The van der Waals surface area contributed by atoms with Crippen LogP contribution >= 0.6 is 11.6 Å². The van der Waals surface area contributed by atoms with E-state index >= 15 is 0 Å². The number of aryl methyl sites for hydroxylation is 2. The van der Waals surface area contributed by atoms with E-state index in [1.54, 1.807) is 37.3 Å². The van der Waals surface area contributed by atoms with E-state index in [0.29, 0.717) is 22.8 Å². The van der Waals surface area contributed by atoms with Gasteiger partial charge in [-0.1, -0.05) is 90.0 Å².